The lowest BCUT2D eigenvalue weighted by Crippen LogP contribution is -2.18. The zero-order chi connectivity index (χ0) is 15.1. The fourth-order valence-corrected chi connectivity index (χ4v) is 3.22. The summed E-state index contributed by atoms with van der Waals surface area (Å²) in [6.07, 6.45) is 0. The lowest BCUT2D eigenvalue weighted by molar-refractivity contribution is 0.199. The van der Waals surface area contributed by atoms with Crippen LogP contribution in [0.2, 0.25) is 0 Å². The first-order valence-corrected chi connectivity index (χ1v) is 8.21. The topological polar surface area (TPSA) is 21.3 Å². The summed E-state index contributed by atoms with van der Waals surface area (Å²) >= 11 is 5.06. The summed E-state index contributed by atoms with van der Waals surface area (Å²) in [6.45, 7) is 2.23. The van der Waals surface area contributed by atoms with Crippen LogP contribution in [-0.2, 0) is 11.3 Å². The predicted molar refractivity (Wildman–Crippen MR) is 88.2 cm³/mol. The Bertz CT molecular complexity index is 594. The summed E-state index contributed by atoms with van der Waals surface area (Å²) in [4.78, 5) is 2.02. The van der Waals surface area contributed by atoms with Gasteiger partial charge < -0.3 is 10.1 Å². The van der Waals surface area contributed by atoms with E-state index in [1.54, 1.807) is 31.0 Å². The zero-order valence-corrected chi connectivity index (χ0v) is 14.1. The van der Waals surface area contributed by atoms with Gasteiger partial charge in [-0.1, -0.05) is 33.8 Å². The molecule has 0 aliphatic carbocycles. The van der Waals surface area contributed by atoms with Gasteiger partial charge in [0.25, 0.3) is 0 Å². The molecule has 0 heterocycles. The Kier molecular flexibility index (Phi) is 6.70. The maximum atomic E-state index is 13.3. The average Bonchev–Trinajstić information content (AvgIpc) is 2.46. The number of halogens is 2. The van der Waals surface area contributed by atoms with Crippen molar-refractivity contribution in [1.29, 1.82) is 0 Å². The maximum absolute atomic E-state index is 13.3. The number of benzene rings is 2. The van der Waals surface area contributed by atoms with Crippen molar-refractivity contribution in [2.24, 2.45) is 0 Å². The van der Waals surface area contributed by atoms with Gasteiger partial charge in [-0.2, -0.15) is 0 Å². The minimum atomic E-state index is -0.211. The monoisotopic (exact) mass is 369 g/mol. The molecule has 2 nitrogen and oxygen atoms in total. The molecule has 21 heavy (non-hydrogen) atoms. The number of rotatable bonds is 7. The number of ether oxygens (including phenoxy) is 1. The lowest BCUT2D eigenvalue weighted by Gasteiger charge is -2.11. The fraction of sp³-hybridized carbons (Fsp3) is 0.250. The van der Waals surface area contributed by atoms with Crippen LogP contribution in [-0.4, -0.2) is 20.3 Å². The molecule has 5 heteroatoms. The minimum absolute atomic E-state index is 0.211. The van der Waals surface area contributed by atoms with Crippen molar-refractivity contribution in [3.05, 3.63) is 58.3 Å². The smallest absolute Gasteiger partial charge is 0.124 e. The molecule has 0 aliphatic rings. The molecule has 0 saturated heterocycles. The van der Waals surface area contributed by atoms with Crippen LogP contribution in [0, 0.1) is 5.82 Å². The summed E-state index contributed by atoms with van der Waals surface area (Å²) in [7, 11) is 1.69. The summed E-state index contributed by atoms with van der Waals surface area (Å²) in [6, 6.07) is 12.8. The quantitative estimate of drug-likeness (QED) is 0.727. The van der Waals surface area contributed by atoms with Crippen molar-refractivity contribution in [2.75, 3.05) is 20.3 Å². The highest BCUT2D eigenvalue weighted by Crippen LogP contribution is 2.32. The highest BCUT2D eigenvalue weighted by atomic mass is 79.9. The second-order valence-corrected chi connectivity index (χ2v) is 6.51. The molecule has 0 saturated carbocycles. The molecule has 0 aromatic heterocycles. The number of hydrogen-bond donors (Lipinski definition) is 1. The van der Waals surface area contributed by atoms with E-state index in [0.29, 0.717) is 6.61 Å². The van der Waals surface area contributed by atoms with Gasteiger partial charge in [-0.15, -0.1) is 0 Å². The van der Waals surface area contributed by atoms with Crippen molar-refractivity contribution in [3.8, 4) is 0 Å². The summed E-state index contributed by atoms with van der Waals surface area (Å²) in [5.41, 5.74) is 1.18. The van der Waals surface area contributed by atoms with E-state index in [4.69, 9.17) is 4.74 Å². The van der Waals surface area contributed by atoms with Crippen LogP contribution in [0.3, 0.4) is 0 Å². The molecule has 0 bridgehead atoms. The van der Waals surface area contributed by atoms with Gasteiger partial charge in [0.15, 0.2) is 0 Å². The maximum Gasteiger partial charge on any atom is 0.124 e. The standard InChI is InChI=1S/C16H17BrFNOS/c1-20-8-7-19-11-12-9-13(17)5-6-16(12)21-15-4-2-3-14(18)10-15/h2-6,9-10,19H,7-8,11H2,1H3. The Morgan fingerprint density at radius 1 is 1.24 bits per heavy atom. The largest absolute Gasteiger partial charge is 0.383 e. The molecule has 2 aromatic carbocycles. The molecule has 1 N–H and O–H groups in total. The second-order valence-electron chi connectivity index (χ2n) is 4.48. The van der Waals surface area contributed by atoms with Gasteiger partial charge >= 0.3 is 0 Å². The Balaban J connectivity index is 2.10. The van der Waals surface area contributed by atoms with Gasteiger partial charge in [0.05, 0.1) is 6.61 Å². The van der Waals surface area contributed by atoms with Gasteiger partial charge in [0, 0.05) is 34.5 Å². The van der Waals surface area contributed by atoms with E-state index in [1.165, 1.54) is 11.6 Å². The molecule has 112 valence electrons. The number of methoxy groups -OCH3 is 1. The minimum Gasteiger partial charge on any atom is -0.383 e. The Morgan fingerprint density at radius 2 is 2.10 bits per heavy atom. The molecule has 2 rings (SSSR count). The van der Waals surface area contributed by atoms with Gasteiger partial charge in [0.1, 0.15) is 5.82 Å². The van der Waals surface area contributed by atoms with E-state index in [9.17, 15) is 4.39 Å². The van der Waals surface area contributed by atoms with E-state index < -0.39 is 0 Å². The third-order valence-electron chi connectivity index (χ3n) is 2.84. The van der Waals surface area contributed by atoms with Crippen LogP contribution in [0.15, 0.2) is 56.7 Å². The molecule has 0 amide bonds. The van der Waals surface area contributed by atoms with Crippen LogP contribution in [0.1, 0.15) is 5.56 Å². The fourth-order valence-electron chi connectivity index (χ4n) is 1.84. The molecular formula is C16H17BrFNOS. The predicted octanol–water partition coefficient (Wildman–Crippen LogP) is 4.48. The van der Waals surface area contributed by atoms with Crippen LogP contribution in [0.4, 0.5) is 4.39 Å². The van der Waals surface area contributed by atoms with E-state index >= 15 is 0 Å². The van der Waals surface area contributed by atoms with Crippen LogP contribution >= 0.6 is 27.7 Å². The third-order valence-corrected chi connectivity index (χ3v) is 4.45. The third kappa shape index (κ3) is 5.43. The number of nitrogens with one attached hydrogen (secondary N) is 1. The highest BCUT2D eigenvalue weighted by molar-refractivity contribution is 9.10. The van der Waals surface area contributed by atoms with Crippen molar-refractivity contribution in [2.45, 2.75) is 16.3 Å². The first-order valence-electron chi connectivity index (χ1n) is 6.60. The van der Waals surface area contributed by atoms with Crippen molar-refractivity contribution in [3.63, 3.8) is 0 Å². The van der Waals surface area contributed by atoms with E-state index in [-0.39, 0.29) is 5.82 Å². The van der Waals surface area contributed by atoms with Crippen molar-refractivity contribution >= 4 is 27.7 Å². The highest BCUT2D eigenvalue weighted by Gasteiger charge is 2.06. The molecule has 0 atom stereocenters. The zero-order valence-electron chi connectivity index (χ0n) is 11.7. The van der Waals surface area contributed by atoms with Gasteiger partial charge in [-0.05, 0) is 42.0 Å². The molecule has 0 fully saturated rings. The normalized spacial score (nSPS) is 10.8. The van der Waals surface area contributed by atoms with Crippen LogP contribution < -0.4 is 5.32 Å². The van der Waals surface area contributed by atoms with E-state index in [1.807, 2.05) is 18.2 Å². The molecular weight excluding hydrogens is 353 g/mol. The molecule has 0 unspecified atom stereocenters. The SMILES string of the molecule is COCCNCc1cc(Br)ccc1Sc1cccc(F)c1. The van der Waals surface area contributed by atoms with Crippen LogP contribution in [0.5, 0.6) is 0 Å². The molecule has 0 radical (unpaired) electrons. The Morgan fingerprint density at radius 3 is 2.86 bits per heavy atom. The Hall–Kier alpha value is -0.880. The Labute approximate surface area is 137 Å². The van der Waals surface area contributed by atoms with Crippen LogP contribution in [0.25, 0.3) is 0 Å². The molecule has 0 aliphatic heterocycles. The molecule has 2 aromatic rings. The lowest BCUT2D eigenvalue weighted by atomic mass is 10.2. The first-order chi connectivity index (χ1) is 10.2. The molecule has 0 spiro atoms. The van der Waals surface area contributed by atoms with E-state index in [0.717, 1.165) is 27.4 Å². The van der Waals surface area contributed by atoms with Gasteiger partial charge in [0.2, 0.25) is 0 Å². The van der Waals surface area contributed by atoms with Crippen molar-refractivity contribution < 1.29 is 9.13 Å². The first kappa shape index (κ1) is 16.5. The number of hydrogen-bond acceptors (Lipinski definition) is 3. The summed E-state index contributed by atoms with van der Waals surface area (Å²) in [5.74, 6) is -0.211. The van der Waals surface area contributed by atoms with Gasteiger partial charge in [-0.25, -0.2) is 4.39 Å². The van der Waals surface area contributed by atoms with Crippen molar-refractivity contribution in [1.82, 2.24) is 5.32 Å². The summed E-state index contributed by atoms with van der Waals surface area (Å²) in [5, 5.41) is 3.33. The second kappa shape index (κ2) is 8.54. The van der Waals surface area contributed by atoms with Gasteiger partial charge in [-0.3, -0.25) is 0 Å². The summed E-state index contributed by atoms with van der Waals surface area (Å²) < 4.78 is 19.3. The average molecular weight is 370 g/mol. The van der Waals surface area contributed by atoms with E-state index in [2.05, 4.69) is 27.3 Å².